The molecule has 0 heterocycles. The monoisotopic (exact) mass is 226 g/mol. The highest BCUT2D eigenvalue weighted by molar-refractivity contribution is 5.40. The summed E-state index contributed by atoms with van der Waals surface area (Å²) in [6, 6.07) is 4.23. The minimum atomic E-state index is -0.758. The van der Waals surface area contributed by atoms with Gasteiger partial charge in [-0.2, -0.15) is 4.39 Å². The molecule has 0 saturated heterocycles. The molecule has 0 aliphatic heterocycles. The number of nitrogens with two attached hydrogens (primary N) is 1. The normalized spacial score (nSPS) is 11.5. The van der Waals surface area contributed by atoms with E-state index >= 15 is 0 Å². The summed E-state index contributed by atoms with van der Waals surface area (Å²) < 4.78 is 13.9. The van der Waals surface area contributed by atoms with Crippen LogP contribution in [0, 0.1) is 15.9 Å². The molecule has 0 unspecified atom stereocenters. The highest BCUT2D eigenvalue weighted by Crippen LogP contribution is 2.32. The summed E-state index contributed by atoms with van der Waals surface area (Å²) >= 11 is 0. The second-order valence-electron chi connectivity index (χ2n) is 4.32. The van der Waals surface area contributed by atoms with Crippen molar-refractivity contribution >= 4 is 5.69 Å². The van der Waals surface area contributed by atoms with E-state index < -0.39 is 21.8 Å². The minimum Gasteiger partial charge on any atom is -0.330 e. The van der Waals surface area contributed by atoms with Crippen LogP contribution in [0.2, 0.25) is 0 Å². The van der Waals surface area contributed by atoms with E-state index in [2.05, 4.69) is 0 Å². The molecule has 0 spiro atoms. The van der Waals surface area contributed by atoms with Gasteiger partial charge in [0, 0.05) is 11.6 Å². The quantitative estimate of drug-likeness (QED) is 0.633. The molecule has 1 aromatic rings. The maximum absolute atomic E-state index is 13.9. The molecule has 0 saturated carbocycles. The first-order valence-electron chi connectivity index (χ1n) is 5.03. The third-order valence-electron chi connectivity index (χ3n) is 2.67. The minimum absolute atomic E-state index is 0.340. The first-order valence-corrected chi connectivity index (χ1v) is 5.03. The average molecular weight is 226 g/mol. The van der Waals surface area contributed by atoms with Crippen LogP contribution in [0.4, 0.5) is 10.1 Å². The molecule has 0 aromatic heterocycles. The number of benzene rings is 1. The van der Waals surface area contributed by atoms with Gasteiger partial charge in [-0.15, -0.1) is 0 Å². The largest absolute Gasteiger partial charge is 0.330 e. The Hall–Kier alpha value is -1.49. The second kappa shape index (κ2) is 4.57. The molecule has 0 aliphatic rings. The van der Waals surface area contributed by atoms with Crippen molar-refractivity contribution in [2.75, 3.05) is 6.54 Å². The van der Waals surface area contributed by atoms with Crippen molar-refractivity contribution in [2.45, 2.75) is 25.7 Å². The fraction of sp³-hybridized carbons (Fsp3) is 0.455. The smallest absolute Gasteiger partial charge is 0.305 e. The van der Waals surface area contributed by atoms with E-state index in [1.165, 1.54) is 6.07 Å². The Bertz CT molecular complexity index is 405. The van der Waals surface area contributed by atoms with Crippen LogP contribution in [0.25, 0.3) is 0 Å². The lowest BCUT2D eigenvalue weighted by atomic mass is 9.81. The molecule has 0 radical (unpaired) electrons. The number of hydrogen-bond acceptors (Lipinski definition) is 3. The highest BCUT2D eigenvalue weighted by Gasteiger charge is 2.27. The third-order valence-corrected chi connectivity index (χ3v) is 2.67. The van der Waals surface area contributed by atoms with E-state index in [-0.39, 0.29) is 0 Å². The van der Waals surface area contributed by atoms with Gasteiger partial charge in [-0.1, -0.05) is 26.0 Å². The van der Waals surface area contributed by atoms with Crippen molar-refractivity contribution in [3.8, 4) is 0 Å². The SMILES string of the molecule is CC(C)(CCN)c1cccc([N+](=O)[O-])c1F. The van der Waals surface area contributed by atoms with Crippen molar-refractivity contribution in [2.24, 2.45) is 5.73 Å². The van der Waals surface area contributed by atoms with Crippen LogP contribution in [0.5, 0.6) is 0 Å². The maximum Gasteiger partial charge on any atom is 0.305 e. The highest BCUT2D eigenvalue weighted by atomic mass is 19.1. The van der Waals surface area contributed by atoms with Gasteiger partial charge in [-0.3, -0.25) is 10.1 Å². The molecule has 2 N–H and O–H groups in total. The number of nitro benzene ring substituents is 1. The van der Waals surface area contributed by atoms with Gasteiger partial charge in [-0.25, -0.2) is 0 Å². The molecular weight excluding hydrogens is 211 g/mol. The van der Waals surface area contributed by atoms with Crippen LogP contribution in [0.1, 0.15) is 25.8 Å². The van der Waals surface area contributed by atoms with Gasteiger partial charge in [0.05, 0.1) is 4.92 Å². The predicted octanol–water partition coefficient (Wildman–Crippen LogP) is 2.36. The summed E-state index contributed by atoms with van der Waals surface area (Å²) in [5, 5.41) is 10.6. The van der Waals surface area contributed by atoms with E-state index in [0.717, 1.165) is 6.07 Å². The molecule has 0 atom stereocenters. The molecule has 0 aliphatic carbocycles. The molecule has 5 heteroatoms. The van der Waals surface area contributed by atoms with Crippen molar-refractivity contribution in [3.05, 3.63) is 39.7 Å². The Balaban J connectivity index is 3.25. The zero-order valence-corrected chi connectivity index (χ0v) is 9.37. The Kier molecular flexibility index (Phi) is 3.59. The van der Waals surface area contributed by atoms with Crippen LogP contribution in [0.3, 0.4) is 0 Å². The second-order valence-corrected chi connectivity index (χ2v) is 4.32. The van der Waals surface area contributed by atoms with E-state index in [1.54, 1.807) is 6.07 Å². The number of hydrogen-bond donors (Lipinski definition) is 1. The summed E-state index contributed by atoms with van der Waals surface area (Å²) in [6.07, 6.45) is 0.574. The molecule has 1 aromatic carbocycles. The molecule has 16 heavy (non-hydrogen) atoms. The molecule has 0 amide bonds. The number of nitro groups is 1. The van der Waals surface area contributed by atoms with Gasteiger partial charge in [0.2, 0.25) is 5.82 Å². The topological polar surface area (TPSA) is 69.2 Å². The summed E-state index contributed by atoms with van der Waals surface area (Å²) in [5.74, 6) is -0.758. The Labute approximate surface area is 93.4 Å². The lowest BCUT2D eigenvalue weighted by Gasteiger charge is -2.24. The van der Waals surface area contributed by atoms with Crippen LogP contribution in [-0.4, -0.2) is 11.5 Å². The molecule has 0 fully saturated rings. The van der Waals surface area contributed by atoms with E-state index in [0.29, 0.717) is 18.5 Å². The van der Waals surface area contributed by atoms with Gasteiger partial charge >= 0.3 is 5.69 Å². The van der Waals surface area contributed by atoms with Crippen LogP contribution < -0.4 is 5.73 Å². The zero-order chi connectivity index (χ0) is 12.3. The standard InChI is InChI=1S/C11H15FN2O2/c1-11(2,6-7-13)8-4-3-5-9(10(8)12)14(15)16/h3-5H,6-7,13H2,1-2H3. The molecule has 4 nitrogen and oxygen atoms in total. The lowest BCUT2D eigenvalue weighted by Crippen LogP contribution is -2.23. The van der Waals surface area contributed by atoms with Crippen molar-refractivity contribution < 1.29 is 9.31 Å². The van der Waals surface area contributed by atoms with Crippen molar-refractivity contribution in [3.63, 3.8) is 0 Å². The first-order chi connectivity index (χ1) is 7.40. The molecule has 0 bridgehead atoms. The van der Waals surface area contributed by atoms with E-state index in [9.17, 15) is 14.5 Å². The van der Waals surface area contributed by atoms with Gasteiger partial charge in [0.15, 0.2) is 0 Å². The van der Waals surface area contributed by atoms with Crippen molar-refractivity contribution in [1.82, 2.24) is 0 Å². The fourth-order valence-corrected chi connectivity index (χ4v) is 1.68. The summed E-state index contributed by atoms with van der Waals surface area (Å²) in [6.45, 7) is 4.05. The van der Waals surface area contributed by atoms with Crippen molar-refractivity contribution in [1.29, 1.82) is 0 Å². The van der Waals surface area contributed by atoms with Gasteiger partial charge in [0.1, 0.15) is 0 Å². The molecule has 88 valence electrons. The van der Waals surface area contributed by atoms with Crippen LogP contribution in [-0.2, 0) is 5.41 Å². The van der Waals surface area contributed by atoms with Crippen LogP contribution in [0.15, 0.2) is 18.2 Å². The summed E-state index contributed by atoms with van der Waals surface area (Å²) in [5.41, 5.74) is 4.80. The van der Waals surface area contributed by atoms with Gasteiger partial charge < -0.3 is 5.73 Å². The van der Waals surface area contributed by atoms with Crippen LogP contribution >= 0.6 is 0 Å². The average Bonchev–Trinajstić information content (AvgIpc) is 2.17. The Morgan fingerprint density at radius 3 is 2.62 bits per heavy atom. The van der Waals surface area contributed by atoms with Gasteiger partial charge in [0.25, 0.3) is 0 Å². The molecule has 1 rings (SSSR count). The number of nitrogens with zero attached hydrogens (tertiary/aromatic N) is 1. The van der Waals surface area contributed by atoms with Gasteiger partial charge in [-0.05, 0) is 18.4 Å². The fourth-order valence-electron chi connectivity index (χ4n) is 1.68. The maximum atomic E-state index is 13.9. The Morgan fingerprint density at radius 2 is 2.12 bits per heavy atom. The third kappa shape index (κ3) is 2.36. The van der Waals surface area contributed by atoms with E-state index in [1.807, 2.05) is 13.8 Å². The zero-order valence-electron chi connectivity index (χ0n) is 9.37. The lowest BCUT2D eigenvalue weighted by molar-refractivity contribution is -0.387. The number of rotatable bonds is 4. The summed E-state index contributed by atoms with van der Waals surface area (Å²) in [7, 11) is 0. The first kappa shape index (κ1) is 12.6. The number of halogens is 1. The molecular formula is C11H15FN2O2. The van der Waals surface area contributed by atoms with E-state index in [4.69, 9.17) is 5.73 Å². The summed E-state index contributed by atoms with van der Waals surface area (Å²) in [4.78, 5) is 9.89. The predicted molar refractivity (Wildman–Crippen MR) is 59.8 cm³/mol. The Morgan fingerprint density at radius 1 is 1.50 bits per heavy atom.